The molecule has 3 aromatic rings. The molecule has 1 saturated heterocycles. The number of hydrogen-bond donors (Lipinski definition) is 2. The Balaban J connectivity index is 1.22. The molecule has 0 aliphatic carbocycles. The fourth-order valence-corrected chi connectivity index (χ4v) is 4.27. The van der Waals surface area contributed by atoms with Crippen molar-refractivity contribution in [3.05, 3.63) is 70.5 Å². The zero-order valence-electron chi connectivity index (χ0n) is 19.0. The van der Waals surface area contributed by atoms with E-state index >= 15 is 0 Å². The van der Waals surface area contributed by atoms with Gasteiger partial charge in [0.2, 0.25) is 5.56 Å². The van der Waals surface area contributed by atoms with Crippen molar-refractivity contribution in [2.45, 2.75) is 26.4 Å². The molecule has 6 heteroatoms. The molecule has 0 saturated carbocycles. The number of nitrogens with one attached hydrogen (secondary N) is 1. The van der Waals surface area contributed by atoms with Crippen LogP contribution in [0.15, 0.2) is 59.4 Å². The van der Waals surface area contributed by atoms with Gasteiger partial charge in [-0.2, -0.15) is 0 Å². The Morgan fingerprint density at radius 2 is 1.75 bits per heavy atom. The average Bonchev–Trinajstić information content (AvgIpc) is 2.78. The van der Waals surface area contributed by atoms with Gasteiger partial charge in [-0.3, -0.25) is 9.69 Å². The van der Waals surface area contributed by atoms with Crippen LogP contribution < -0.4 is 15.2 Å². The molecular weight excluding hydrogens is 402 g/mol. The maximum Gasteiger partial charge on any atom is 0.248 e. The van der Waals surface area contributed by atoms with Gasteiger partial charge in [-0.25, -0.2) is 0 Å². The molecule has 1 atom stereocenters. The van der Waals surface area contributed by atoms with Crippen LogP contribution in [0.3, 0.4) is 0 Å². The molecule has 2 aromatic carbocycles. The first kappa shape index (κ1) is 22.4. The molecule has 1 aliphatic heterocycles. The number of rotatable bonds is 8. The first-order valence-corrected chi connectivity index (χ1v) is 11.5. The van der Waals surface area contributed by atoms with E-state index in [1.807, 2.05) is 18.2 Å². The van der Waals surface area contributed by atoms with Crippen molar-refractivity contribution < 1.29 is 9.84 Å². The molecule has 1 aromatic heterocycles. The van der Waals surface area contributed by atoms with Gasteiger partial charge in [0.1, 0.15) is 18.5 Å². The summed E-state index contributed by atoms with van der Waals surface area (Å²) >= 11 is 0. The highest BCUT2D eigenvalue weighted by Gasteiger charge is 2.20. The normalized spacial score (nSPS) is 15.9. The summed E-state index contributed by atoms with van der Waals surface area (Å²) in [4.78, 5) is 18.9. The number of ether oxygens (including phenoxy) is 1. The summed E-state index contributed by atoms with van der Waals surface area (Å²) < 4.78 is 5.80. The first-order chi connectivity index (χ1) is 15.5. The smallest absolute Gasteiger partial charge is 0.248 e. The van der Waals surface area contributed by atoms with Crippen LogP contribution in [0.25, 0.3) is 10.9 Å². The van der Waals surface area contributed by atoms with Gasteiger partial charge in [0.05, 0.1) is 0 Å². The number of hydrogen-bond acceptors (Lipinski definition) is 5. The highest BCUT2D eigenvalue weighted by molar-refractivity contribution is 5.79. The van der Waals surface area contributed by atoms with Crippen molar-refractivity contribution in [1.29, 1.82) is 0 Å². The predicted molar refractivity (Wildman–Crippen MR) is 130 cm³/mol. The van der Waals surface area contributed by atoms with E-state index in [-0.39, 0.29) is 12.2 Å². The number of β-amino-alcohol motifs (C(OH)–C–C–N with tert-alkyl or cyclic N) is 1. The van der Waals surface area contributed by atoms with Gasteiger partial charge in [-0.15, -0.1) is 0 Å². The number of piperazine rings is 1. The van der Waals surface area contributed by atoms with Crippen LogP contribution in [0.5, 0.6) is 5.75 Å². The molecule has 1 fully saturated rings. The van der Waals surface area contributed by atoms with E-state index in [1.165, 1.54) is 17.3 Å². The lowest BCUT2D eigenvalue weighted by molar-refractivity contribution is 0.0663. The molecule has 0 spiro atoms. The molecule has 0 radical (unpaired) electrons. The lowest BCUT2D eigenvalue weighted by atomic mass is 10.0. The van der Waals surface area contributed by atoms with Crippen molar-refractivity contribution in [3.63, 3.8) is 0 Å². The molecular formula is C26H33N3O3. The SMILES string of the molecule is CC(C)Cc1ccc(N2CCN(C[C@H](O)COc3ccc4[nH]c(=O)ccc4c3)CC2)cc1. The van der Waals surface area contributed by atoms with Crippen molar-refractivity contribution in [3.8, 4) is 5.75 Å². The Bertz CT molecular complexity index is 1070. The third kappa shape index (κ3) is 5.90. The number of anilines is 1. The Morgan fingerprint density at radius 1 is 1.00 bits per heavy atom. The Hall–Kier alpha value is -2.83. The van der Waals surface area contributed by atoms with Gasteiger partial charge in [0.15, 0.2) is 0 Å². The minimum absolute atomic E-state index is 0.121. The van der Waals surface area contributed by atoms with Crippen molar-refractivity contribution >= 4 is 16.6 Å². The number of fused-ring (bicyclic) bond motifs is 1. The van der Waals surface area contributed by atoms with Crippen LogP contribution in [-0.4, -0.2) is 60.4 Å². The zero-order valence-corrected chi connectivity index (χ0v) is 19.0. The van der Waals surface area contributed by atoms with Gasteiger partial charge in [-0.1, -0.05) is 26.0 Å². The Kier molecular flexibility index (Phi) is 7.12. The molecule has 0 unspecified atom stereocenters. The second-order valence-electron chi connectivity index (χ2n) is 9.09. The summed E-state index contributed by atoms with van der Waals surface area (Å²) in [5.41, 5.74) is 3.33. The molecule has 0 bridgehead atoms. The number of aromatic nitrogens is 1. The summed E-state index contributed by atoms with van der Waals surface area (Å²) in [6.45, 7) is 9.10. The monoisotopic (exact) mass is 435 g/mol. The number of aromatic amines is 1. The van der Waals surface area contributed by atoms with Crippen LogP contribution in [0.4, 0.5) is 5.69 Å². The highest BCUT2D eigenvalue weighted by atomic mass is 16.5. The second kappa shape index (κ2) is 10.2. The molecule has 2 N–H and O–H groups in total. The largest absolute Gasteiger partial charge is 0.491 e. The van der Waals surface area contributed by atoms with Crippen molar-refractivity contribution in [2.24, 2.45) is 5.92 Å². The van der Waals surface area contributed by atoms with Crippen molar-refractivity contribution in [2.75, 3.05) is 44.2 Å². The Labute approximate surface area is 189 Å². The predicted octanol–water partition coefficient (Wildman–Crippen LogP) is 3.29. The summed E-state index contributed by atoms with van der Waals surface area (Å²) in [5.74, 6) is 1.36. The molecule has 1 aliphatic rings. The van der Waals surface area contributed by atoms with Gasteiger partial charge < -0.3 is 19.7 Å². The minimum atomic E-state index is -0.553. The summed E-state index contributed by atoms with van der Waals surface area (Å²) in [7, 11) is 0. The third-order valence-corrected chi connectivity index (χ3v) is 5.92. The van der Waals surface area contributed by atoms with Gasteiger partial charge in [-0.05, 0) is 54.3 Å². The highest BCUT2D eigenvalue weighted by Crippen LogP contribution is 2.20. The number of aliphatic hydroxyl groups is 1. The standard InChI is InChI=1S/C26H33N3O3/c1-19(2)15-20-3-6-22(7-4-20)29-13-11-28(12-14-29)17-23(30)18-32-24-8-9-25-21(16-24)5-10-26(31)27-25/h3-10,16,19,23,30H,11-15,17-18H2,1-2H3,(H,27,31)/t23-/m0/s1. The van der Waals surface area contributed by atoms with Crippen LogP contribution >= 0.6 is 0 Å². The second-order valence-corrected chi connectivity index (χ2v) is 9.09. The van der Waals surface area contributed by atoms with Crippen LogP contribution in [0, 0.1) is 5.92 Å². The number of nitrogens with zero attached hydrogens (tertiary/aromatic N) is 2. The van der Waals surface area contributed by atoms with E-state index in [0.717, 1.165) is 43.5 Å². The van der Waals surface area contributed by atoms with E-state index in [9.17, 15) is 9.90 Å². The number of aliphatic hydroxyl groups excluding tert-OH is 1. The van der Waals surface area contributed by atoms with Gasteiger partial charge in [0.25, 0.3) is 0 Å². The molecule has 32 heavy (non-hydrogen) atoms. The maximum atomic E-state index is 11.4. The van der Waals surface area contributed by atoms with Crippen LogP contribution in [0.1, 0.15) is 19.4 Å². The maximum absolute atomic E-state index is 11.4. The fraction of sp³-hybridized carbons (Fsp3) is 0.423. The van der Waals surface area contributed by atoms with E-state index in [4.69, 9.17) is 4.74 Å². The number of H-pyrrole nitrogens is 1. The first-order valence-electron chi connectivity index (χ1n) is 11.5. The minimum Gasteiger partial charge on any atom is -0.491 e. The zero-order chi connectivity index (χ0) is 22.5. The van der Waals surface area contributed by atoms with E-state index in [1.54, 1.807) is 6.07 Å². The number of benzene rings is 2. The lowest BCUT2D eigenvalue weighted by Crippen LogP contribution is -2.49. The molecule has 6 nitrogen and oxygen atoms in total. The molecule has 0 amide bonds. The quantitative estimate of drug-likeness (QED) is 0.568. The third-order valence-electron chi connectivity index (χ3n) is 5.92. The van der Waals surface area contributed by atoms with Gasteiger partial charge >= 0.3 is 0 Å². The van der Waals surface area contributed by atoms with E-state index in [2.05, 4.69) is 52.9 Å². The number of pyridine rings is 1. The van der Waals surface area contributed by atoms with Crippen LogP contribution in [0.2, 0.25) is 0 Å². The topological polar surface area (TPSA) is 68.8 Å². The van der Waals surface area contributed by atoms with E-state index in [0.29, 0.717) is 18.2 Å². The van der Waals surface area contributed by atoms with Gasteiger partial charge in [0, 0.05) is 55.4 Å². The van der Waals surface area contributed by atoms with E-state index < -0.39 is 6.10 Å². The molecule has 170 valence electrons. The summed E-state index contributed by atoms with van der Waals surface area (Å²) in [5, 5.41) is 11.4. The summed E-state index contributed by atoms with van der Waals surface area (Å²) in [6, 6.07) is 17.7. The molecule has 2 heterocycles. The fourth-order valence-electron chi connectivity index (χ4n) is 4.27. The van der Waals surface area contributed by atoms with Crippen molar-refractivity contribution in [1.82, 2.24) is 9.88 Å². The average molecular weight is 436 g/mol. The summed E-state index contributed by atoms with van der Waals surface area (Å²) in [6.07, 6.45) is 0.565. The lowest BCUT2D eigenvalue weighted by Gasteiger charge is -2.37. The van der Waals surface area contributed by atoms with Crippen LogP contribution in [-0.2, 0) is 6.42 Å². The Morgan fingerprint density at radius 3 is 2.47 bits per heavy atom. The molecule has 4 rings (SSSR count).